The number of anilines is 2. The summed E-state index contributed by atoms with van der Waals surface area (Å²) in [5.41, 5.74) is 0.818. The molecule has 1 aliphatic rings. The second-order valence-corrected chi connectivity index (χ2v) is 8.58. The van der Waals surface area contributed by atoms with E-state index >= 15 is 0 Å². The highest BCUT2D eigenvalue weighted by molar-refractivity contribution is 7.89. The van der Waals surface area contributed by atoms with Crippen molar-refractivity contribution < 1.29 is 8.42 Å². The van der Waals surface area contributed by atoms with E-state index in [1.165, 1.54) is 4.31 Å². The Morgan fingerprint density at radius 3 is 2.34 bits per heavy atom. The van der Waals surface area contributed by atoms with E-state index in [0.29, 0.717) is 26.2 Å². The highest BCUT2D eigenvalue weighted by Crippen LogP contribution is 2.21. The Hall–Kier alpha value is -2.98. The minimum atomic E-state index is -3.54. The molecule has 0 unspecified atom stereocenters. The van der Waals surface area contributed by atoms with Crippen LogP contribution in [0.2, 0.25) is 0 Å². The molecule has 1 aromatic carbocycles. The second-order valence-electron chi connectivity index (χ2n) is 6.64. The maximum atomic E-state index is 13.0. The predicted molar refractivity (Wildman–Crippen MR) is 111 cm³/mol. The summed E-state index contributed by atoms with van der Waals surface area (Å²) < 4.78 is 29.2. The van der Waals surface area contributed by atoms with Gasteiger partial charge in [-0.3, -0.25) is 0 Å². The zero-order valence-electron chi connectivity index (χ0n) is 16.1. The zero-order valence-corrected chi connectivity index (χ0v) is 17.0. The molecule has 4 rings (SSSR count). The molecule has 1 saturated heterocycles. The van der Waals surface area contributed by atoms with E-state index in [2.05, 4.69) is 25.5 Å². The van der Waals surface area contributed by atoms with E-state index in [1.807, 2.05) is 31.3 Å². The Bertz CT molecular complexity index is 1030. The molecule has 0 atom stereocenters. The lowest BCUT2D eigenvalue weighted by molar-refractivity contribution is 0.383. The number of benzene rings is 1. The Kier molecular flexibility index (Phi) is 5.45. The SMILES string of the molecule is CCNc1ccc(N2CCN(S(=O)(=O)c3ccc(-n4cccn4)cc3)CC2)nn1. The highest BCUT2D eigenvalue weighted by Gasteiger charge is 2.29. The van der Waals surface area contributed by atoms with Crippen LogP contribution >= 0.6 is 0 Å². The molecule has 1 N–H and O–H groups in total. The van der Waals surface area contributed by atoms with Gasteiger partial charge in [-0.2, -0.15) is 9.40 Å². The van der Waals surface area contributed by atoms with Crippen LogP contribution in [0.1, 0.15) is 6.92 Å². The third-order valence-electron chi connectivity index (χ3n) is 4.81. The van der Waals surface area contributed by atoms with Crippen molar-refractivity contribution in [2.24, 2.45) is 0 Å². The van der Waals surface area contributed by atoms with Crippen LogP contribution in [0.4, 0.5) is 11.6 Å². The van der Waals surface area contributed by atoms with Gasteiger partial charge in [-0.05, 0) is 49.4 Å². The van der Waals surface area contributed by atoms with E-state index in [0.717, 1.165) is 23.9 Å². The maximum Gasteiger partial charge on any atom is 0.243 e. The normalized spacial score (nSPS) is 15.4. The molecule has 10 heteroatoms. The van der Waals surface area contributed by atoms with Gasteiger partial charge in [0.25, 0.3) is 0 Å². The predicted octanol–water partition coefficient (Wildman–Crippen LogP) is 1.60. The number of hydrogen-bond acceptors (Lipinski definition) is 7. The molecule has 9 nitrogen and oxygen atoms in total. The van der Waals surface area contributed by atoms with Gasteiger partial charge in [0.05, 0.1) is 10.6 Å². The molecule has 3 heterocycles. The number of rotatable bonds is 6. The first-order chi connectivity index (χ1) is 14.1. The average molecular weight is 414 g/mol. The maximum absolute atomic E-state index is 13.0. The van der Waals surface area contributed by atoms with Crippen molar-refractivity contribution in [3.63, 3.8) is 0 Å². The lowest BCUT2D eigenvalue weighted by Crippen LogP contribution is -2.49. The molecule has 29 heavy (non-hydrogen) atoms. The fourth-order valence-electron chi connectivity index (χ4n) is 3.27. The van der Waals surface area contributed by atoms with E-state index in [9.17, 15) is 8.42 Å². The Balaban J connectivity index is 1.42. The fraction of sp³-hybridized carbons (Fsp3) is 0.316. The molecule has 0 amide bonds. The third kappa shape index (κ3) is 4.08. The summed E-state index contributed by atoms with van der Waals surface area (Å²) in [5.74, 6) is 1.49. The van der Waals surface area contributed by atoms with Crippen molar-refractivity contribution >= 4 is 21.7 Å². The van der Waals surface area contributed by atoms with Crippen LogP contribution < -0.4 is 10.2 Å². The van der Waals surface area contributed by atoms with Gasteiger partial charge in [0.2, 0.25) is 10.0 Å². The van der Waals surface area contributed by atoms with Gasteiger partial charge in [-0.1, -0.05) is 0 Å². The van der Waals surface area contributed by atoms with Crippen LogP contribution in [0.5, 0.6) is 0 Å². The summed E-state index contributed by atoms with van der Waals surface area (Å²) in [6.45, 7) is 4.73. The van der Waals surface area contributed by atoms with Gasteiger partial charge in [0, 0.05) is 45.1 Å². The number of nitrogens with one attached hydrogen (secondary N) is 1. The summed E-state index contributed by atoms with van der Waals surface area (Å²) in [5, 5.41) is 15.7. The van der Waals surface area contributed by atoms with E-state index in [-0.39, 0.29) is 4.90 Å². The molecule has 0 radical (unpaired) electrons. The number of aromatic nitrogens is 4. The van der Waals surface area contributed by atoms with E-state index in [4.69, 9.17) is 0 Å². The fourth-order valence-corrected chi connectivity index (χ4v) is 4.69. The van der Waals surface area contributed by atoms with Crippen LogP contribution in [-0.2, 0) is 10.0 Å². The lowest BCUT2D eigenvalue weighted by atomic mass is 10.3. The summed E-state index contributed by atoms with van der Waals surface area (Å²) in [4.78, 5) is 2.34. The summed E-state index contributed by atoms with van der Waals surface area (Å²) in [7, 11) is -3.54. The largest absolute Gasteiger partial charge is 0.369 e. The van der Waals surface area contributed by atoms with Crippen molar-refractivity contribution in [2.45, 2.75) is 11.8 Å². The first kappa shape index (κ1) is 19.3. The molecular formula is C19H23N7O2S. The van der Waals surface area contributed by atoms with Gasteiger partial charge >= 0.3 is 0 Å². The number of piperazine rings is 1. The van der Waals surface area contributed by atoms with Crippen molar-refractivity contribution in [2.75, 3.05) is 42.9 Å². The minimum absolute atomic E-state index is 0.289. The van der Waals surface area contributed by atoms with Crippen LogP contribution in [0.15, 0.2) is 59.8 Å². The molecule has 1 aliphatic heterocycles. The molecule has 0 aliphatic carbocycles. The van der Waals surface area contributed by atoms with E-state index < -0.39 is 10.0 Å². The molecule has 0 saturated carbocycles. The molecule has 0 bridgehead atoms. The first-order valence-corrected chi connectivity index (χ1v) is 10.9. The van der Waals surface area contributed by atoms with Crippen molar-refractivity contribution in [1.29, 1.82) is 0 Å². The Morgan fingerprint density at radius 1 is 1.00 bits per heavy atom. The molecule has 152 valence electrons. The molecule has 1 fully saturated rings. The third-order valence-corrected chi connectivity index (χ3v) is 6.73. The lowest BCUT2D eigenvalue weighted by Gasteiger charge is -2.34. The number of hydrogen-bond donors (Lipinski definition) is 1. The quantitative estimate of drug-likeness (QED) is 0.656. The monoisotopic (exact) mass is 413 g/mol. The second kappa shape index (κ2) is 8.18. The van der Waals surface area contributed by atoms with Crippen LogP contribution in [0, 0.1) is 0 Å². The molecule has 2 aromatic heterocycles. The zero-order chi connectivity index (χ0) is 20.3. The van der Waals surface area contributed by atoms with Crippen molar-refractivity contribution in [3.05, 3.63) is 54.9 Å². The average Bonchev–Trinajstić information content (AvgIpc) is 3.30. The van der Waals surface area contributed by atoms with Crippen molar-refractivity contribution in [1.82, 2.24) is 24.3 Å². The molecule has 3 aromatic rings. The van der Waals surface area contributed by atoms with Crippen LogP contribution in [0.25, 0.3) is 5.69 Å². The number of nitrogens with zero attached hydrogens (tertiary/aromatic N) is 6. The smallest absolute Gasteiger partial charge is 0.243 e. The minimum Gasteiger partial charge on any atom is -0.369 e. The molecule has 0 spiro atoms. The Labute approximate surface area is 170 Å². The number of sulfonamides is 1. The first-order valence-electron chi connectivity index (χ1n) is 9.51. The van der Waals surface area contributed by atoms with Crippen molar-refractivity contribution in [3.8, 4) is 5.69 Å². The van der Waals surface area contributed by atoms with Gasteiger partial charge in [-0.25, -0.2) is 13.1 Å². The molecular weight excluding hydrogens is 390 g/mol. The van der Waals surface area contributed by atoms with Crippen LogP contribution in [0.3, 0.4) is 0 Å². The van der Waals surface area contributed by atoms with Gasteiger partial charge < -0.3 is 10.2 Å². The van der Waals surface area contributed by atoms with E-state index in [1.54, 1.807) is 35.1 Å². The van der Waals surface area contributed by atoms with Gasteiger partial charge in [-0.15, -0.1) is 10.2 Å². The van der Waals surface area contributed by atoms with Gasteiger partial charge in [0.1, 0.15) is 5.82 Å². The summed E-state index contributed by atoms with van der Waals surface area (Å²) in [6.07, 6.45) is 3.50. The Morgan fingerprint density at radius 2 is 1.76 bits per heavy atom. The van der Waals surface area contributed by atoms with Gasteiger partial charge in [0.15, 0.2) is 5.82 Å². The highest BCUT2D eigenvalue weighted by atomic mass is 32.2. The summed E-state index contributed by atoms with van der Waals surface area (Å²) in [6, 6.07) is 12.4. The summed E-state index contributed by atoms with van der Waals surface area (Å²) >= 11 is 0. The topological polar surface area (TPSA) is 96.2 Å². The standard InChI is InChI=1S/C19H23N7O2S/c1-2-20-18-8-9-19(23-22-18)24-12-14-25(15-13-24)29(27,28)17-6-4-16(5-7-17)26-11-3-10-21-26/h3-11H,2,12-15H2,1H3,(H,20,22). The van der Waals surface area contributed by atoms with Crippen LogP contribution in [-0.4, -0.2) is 65.4 Å².